The molecule has 0 aliphatic heterocycles. The van der Waals surface area contributed by atoms with Gasteiger partial charge in [-0.25, -0.2) is 0 Å². The summed E-state index contributed by atoms with van der Waals surface area (Å²) in [6.07, 6.45) is 4.81. The molecular formula is C17H23N3. The molecule has 1 heterocycles. The van der Waals surface area contributed by atoms with Gasteiger partial charge in [0.2, 0.25) is 0 Å². The van der Waals surface area contributed by atoms with E-state index < -0.39 is 0 Å². The Morgan fingerprint density at radius 1 is 1.20 bits per heavy atom. The standard InChI is InChI=1S/C17H23N3/c1-4-16(18-2)15-9-5-6-10-17(15)20(3)13-14-8-7-11-19-12-14/h5-12,16,18H,4,13H2,1-3H3. The summed E-state index contributed by atoms with van der Waals surface area (Å²) in [5, 5.41) is 3.39. The number of hydrogen-bond donors (Lipinski definition) is 1. The van der Waals surface area contributed by atoms with Gasteiger partial charge in [0.1, 0.15) is 0 Å². The lowest BCUT2D eigenvalue weighted by atomic mass is 10.0. The number of nitrogens with one attached hydrogen (secondary N) is 1. The smallest absolute Gasteiger partial charge is 0.0441 e. The Morgan fingerprint density at radius 2 is 2.00 bits per heavy atom. The van der Waals surface area contributed by atoms with Crippen molar-refractivity contribution >= 4 is 5.69 Å². The Morgan fingerprint density at radius 3 is 2.65 bits per heavy atom. The minimum atomic E-state index is 0.391. The van der Waals surface area contributed by atoms with Crippen molar-refractivity contribution in [1.29, 1.82) is 0 Å². The molecule has 0 saturated carbocycles. The number of hydrogen-bond acceptors (Lipinski definition) is 3. The molecule has 106 valence electrons. The lowest BCUT2D eigenvalue weighted by molar-refractivity contribution is 0.575. The zero-order chi connectivity index (χ0) is 14.4. The van der Waals surface area contributed by atoms with E-state index in [1.807, 2.05) is 25.5 Å². The minimum absolute atomic E-state index is 0.391. The van der Waals surface area contributed by atoms with E-state index >= 15 is 0 Å². The summed E-state index contributed by atoms with van der Waals surface area (Å²) >= 11 is 0. The number of aromatic nitrogens is 1. The van der Waals surface area contributed by atoms with Crippen LogP contribution in [0.4, 0.5) is 5.69 Å². The van der Waals surface area contributed by atoms with E-state index in [0.717, 1.165) is 13.0 Å². The Bertz CT molecular complexity index is 521. The van der Waals surface area contributed by atoms with Gasteiger partial charge in [-0.2, -0.15) is 0 Å². The Balaban J connectivity index is 2.23. The molecule has 0 fully saturated rings. The van der Waals surface area contributed by atoms with Gasteiger partial charge in [-0.1, -0.05) is 31.2 Å². The highest BCUT2D eigenvalue weighted by molar-refractivity contribution is 5.54. The summed E-state index contributed by atoms with van der Waals surface area (Å²) in [7, 11) is 4.15. The molecule has 0 amide bonds. The van der Waals surface area contributed by atoms with Gasteiger partial charge in [0, 0.05) is 37.7 Å². The lowest BCUT2D eigenvalue weighted by Gasteiger charge is -2.26. The second-order valence-corrected chi connectivity index (χ2v) is 5.03. The molecule has 20 heavy (non-hydrogen) atoms. The van der Waals surface area contributed by atoms with Crippen LogP contribution in [0.3, 0.4) is 0 Å². The van der Waals surface area contributed by atoms with Gasteiger partial charge in [0.05, 0.1) is 0 Å². The fourth-order valence-corrected chi connectivity index (χ4v) is 2.56. The highest BCUT2D eigenvalue weighted by atomic mass is 15.1. The largest absolute Gasteiger partial charge is 0.370 e. The minimum Gasteiger partial charge on any atom is -0.370 e. The van der Waals surface area contributed by atoms with Crippen molar-refractivity contribution in [3.8, 4) is 0 Å². The van der Waals surface area contributed by atoms with Crippen LogP contribution in [0, 0.1) is 0 Å². The SMILES string of the molecule is CCC(NC)c1ccccc1N(C)Cc1cccnc1. The van der Waals surface area contributed by atoms with Gasteiger partial charge in [-0.15, -0.1) is 0 Å². The van der Waals surface area contributed by atoms with E-state index in [1.165, 1.54) is 16.8 Å². The summed E-state index contributed by atoms with van der Waals surface area (Å²) in [5.74, 6) is 0. The average molecular weight is 269 g/mol. The average Bonchev–Trinajstić information content (AvgIpc) is 2.50. The summed E-state index contributed by atoms with van der Waals surface area (Å²) in [4.78, 5) is 6.47. The fraction of sp³-hybridized carbons (Fsp3) is 0.353. The van der Waals surface area contributed by atoms with Crippen molar-refractivity contribution in [2.24, 2.45) is 0 Å². The zero-order valence-corrected chi connectivity index (χ0v) is 12.5. The third kappa shape index (κ3) is 3.36. The molecule has 0 spiro atoms. The number of para-hydroxylation sites is 1. The van der Waals surface area contributed by atoms with Gasteiger partial charge in [-0.05, 0) is 36.7 Å². The van der Waals surface area contributed by atoms with E-state index in [-0.39, 0.29) is 0 Å². The van der Waals surface area contributed by atoms with E-state index in [4.69, 9.17) is 0 Å². The van der Waals surface area contributed by atoms with Crippen molar-refractivity contribution in [3.63, 3.8) is 0 Å². The van der Waals surface area contributed by atoms with Crippen molar-refractivity contribution in [3.05, 3.63) is 59.9 Å². The highest BCUT2D eigenvalue weighted by Crippen LogP contribution is 2.28. The molecule has 1 aromatic heterocycles. The Kier molecular flexibility index (Phi) is 5.13. The molecule has 0 aliphatic carbocycles. The van der Waals surface area contributed by atoms with E-state index in [9.17, 15) is 0 Å². The van der Waals surface area contributed by atoms with Gasteiger partial charge < -0.3 is 10.2 Å². The molecule has 3 heteroatoms. The maximum Gasteiger partial charge on any atom is 0.0441 e. The van der Waals surface area contributed by atoms with Crippen LogP contribution in [0.1, 0.15) is 30.5 Å². The maximum atomic E-state index is 4.18. The van der Waals surface area contributed by atoms with Crippen molar-refractivity contribution < 1.29 is 0 Å². The maximum absolute atomic E-state index is 4.18. The van der Waals surface area contributed by atoms with Crippen LogP contribution < -0.4 is 10.2 Å². The van der Waals surface area contributed by atoms with Gasteiger partial charge >= 0.3 is 0 Å². The quantitative estimate of drug-likeness (QED) is 0.871. The summed E-state index contributed by atoms with van der Waals surface area (Å²) in [5.41, 5.74) is 3.85. The zero-order valence-electron chi connectivity index (χ0n) is 12.5. The van der Waals surface area contributed by atoms with Crippen LogP contribution in [-0.4, -0.2) is 19.1 Å². The number of pyridine rings is 1. The predicted octanol–water partition coefficient (Wildman–Crippen LogP) is 3.39. The van der Waals surface area contributed by atoms with Gasteiger partial charge in [-0.3, -0.25) is 4.98 Å². The number of rotatable bonds is 6. The lowest BCUT2D eigenvalue weighted by Crippen LogP contribution is -2.22. The molecule has 3 nitrogen and oxygen atoms in total. The molecule has 1 aromatic carbocycles. The third-order valence-corrected chi connectivity index (χ3v) is 3.62. The molecule has 0 bridgehead atoms. The van der Waals surface area contributed by atoms with Crippen molar-refractivity contribution in [2.75, 3.05) is 19.0 Å². The highest BCUT2D eigenvalue weighted by Gasteiger charge is 2.14. The first-order valence-electron chi connectivity index (χ1n) is 7.12. The van der Waals surface area contributed by atoms with Crippen LogP contribution >= 0.6 is 0 Å². The summed E-state index contributed by atoms with van der Waals surface area (Å²) < 4.78 is 0. The topological polar surface area (TPSA) is 28.2 Å². The molecule has 1 atom stereocenters. The first-order valence-corrected chi connectivity index (χ1v) is 7.12. The van der Waals surface area contributed by atoms with E-state index in [0.29, 0.717) is 6.04 Å². The van der Waals surface area contributed by atoms with Gasteiger partial charge in [0.25, 0.3) is 0 Å². The predicted molar refractivity (Wildman–Crippen MR) is 84.9 cm³/mol. The number of nitrogens with zero attached hydrogens (tertiary/aromatic N) is 2. The molecule has 0 aliphatic rings. The van der Waals surface area contributed by atoms with Gasteiger partial charge in [0.15, 0.2) is 0 Å². The second-order valence-electron chi connectivity index (χ2n) is 5.03. The molecule has 2 rings (SSSR count). The first-order chi connectivity index (χ1) is 9.76. The molecular weight excluding hydrogens is 246 g/mol. The van der Waals surface area contributed by atoms with Crippen LogP contribution in [0.25, 0.3) is 0 Å². The van der Waals surface area contributed by atoms with E-state index in [2.05, 4.69) is 59.5 Å². The normalized spacial score (nSPS) is 12.2. The van der Waals surface area contributed by atoms with Crippen LogP contribution in [0.5, 0.6) is 0 Å². The third-order valence-electron chi connectivity index (χ3n) is 3.62. The monoisotopic (exact) mass is 269 g/mol. The number of benzene rings is 1. The van der Waals surface area contributed by atoms with Crippen LogP contribution in [0.15, 0.2) is 48.8 Å². The van der Waals surface area contributed by atoms with Crippen LogP contribution in [-0.2, 0) is 6.54 Å². The number of anilines is 1. The van der Waals surface area contributed by atoms with Crippen LogP contribution in [0.2, 0.25) is 0 Å². The van der Waals surface area contributed by atoms with E-state index in [1.54, 1.807) is 0 Å². The molecule has 1 N–H and O–H groups in total. The summed E-state index contributed by atoms with van der Waals surface area (Å²) in [6, 6.07) is 13.1. The Labute approximate surface area is 121 Å². The van der Waals surface area contributed by atoms with Crippen molar-refractivity contribution in [1.82, 2.24) is 10.3 Å². The molecule has 1 unspecified atom stereocenters. The summed E-state index contributed by atoms with van der Waals surface area (Å²) in [6.45, 7) is 3.07. The van der Waals surface area contributed by atoms with Crippen molar-refractivity contribution in [2.45, 2.75) is 25.9 Å². The second kappa shape index (κ2) is 7.06. The molecule has 0 saturated heterocycles. The first kappa shape index (κ1) is 14.5. The fourth-order valence-electron chi connectivity index (χ4n) is 2.56. The Hall–Kier alpha value is -1.87. The molecule has 2 aromatic rings. The molecule has 0 radical (unpaired) electrons.